The standard InChI is InChI=1S/C12H15ClO3S/c1-8(4-5-14)17-7-10-3-2-9(12(15)16)6-11(10)13/h2-3,6,8,14H,4-5,7H2,1H3,(H,15,16). The van der Waals surface area contributed by atoms with Gasteiger partial charge in [0, 0.05) is 22.6 Å². The van der Waals surface area contributed by atoms with Crippen molar-refractivity contribution >= 4 is 29.3 Å². The molecule has 0 aliphatic heterocycles. The summed E-state index contributed by atoms with van der Waals surface area (Å²) in [5, 5.41) is 18.4. The summed E-state index contributed by atoms with van der Waals surface area (Å²) in [5.41, 5.74) is 1.12. The lowest BCUT2D eigenvalue weighted by molar-refractivity contribution is 0.0697. The van der Waals surface area contributed by atoms with Crippen LogP contribution in [0.25, 0.3) is 0 Å². The second-order valence-electron chi connectivity index (χ2n) is 3.75. The molecular formula is C12H15ClO3S. The number of benzene rings is 1. The summed E-state index contributed by atoms with van der Waals surface area (Å²) >= 11 is 7.70. The second kappa shape index (κ2) is 6.89. The summed E-state index contributed by atoms with van der Waals surface area (Å²) in [6.07, 6.45) is 0.746. The molecule has 17 heavy (non-hydrogen) atoms. The quantitative estimate of drug-likeness (QED) is 0.837. The molecule has 0 aliphatic carbocycles. The average molecular weight is 275 g/mol. The number of aliphatic hydroxyl groups is 1. The van der Waals surface area contributed by atoms with E-state index in [1.807, 2.05) is 6.92 Å². The molecule has 1 aromatic rings. The van der Waals surface area contributed by atoms with Crippen molar-refractivity contribution < 1.29 is 15.0 Å². The molecule has 3 nitrogen and oxygen atoms in total. The van der Waals surface area contributed by atoms with Gasteiger partial charge >= 0.3 is 5.97 Å². The van der Waals surface area contributed by atoms with Gasteiger partial charge in [0.15, 0.2) is 0 Å². The van der Waals surface area contributed by atoms with Crippen molar-refractivity contribution in [2.75, 3.05) is 6.61 Å². The third-order valence-corrected chi connectivity index (χ3v) is 3.99. The van der Waals surface area contributed by atoms with Crippen molar-refractivity contribution in [2.45, 2.75) is 24.3 Å². The molecule has 0 heterocycles. The topological polar surface area (TPSA) is 57.5 Å². The number of carboxylic acid groups (broad SMARTS) is 1. The van der Waals surface area contributed by atoms with Crippen LogP contribution in [0.1, 0.15) is 29.3 Å². The molecule has 0 aliphatic rings. The molecule has 1 aromatic carbocycles. The lowest BCUT2D eigenvalue weighted by Crippen LogP contribution is -2.01. The number of hydrogen-bond acceptors (Lipinski definition) is 3. The van der Waals surface area contributed by atoms with Gasteiger partial charge in [0.25, 0.3) is 0 Å². The van der Waals surface area contributed by atoms with Gasteiger partial charge in [0.05, 0.1) is 5.56 Å². The molecule has 0 aromatic heterocycles. The smallest absolute Gasteiger partial charge is 0.335 e. The zero-order chi connectivity index (χ0) is 12.8. The van der Waals surface area contributed by atoms with Gasteiger partial charge in [0.1, 0.15) is 0 Å². The summed E-state index contributed by atoms with van der Waals surface area (Å²) in [5.74, 6) is -0.250. The molecule has 0 spiro atoms. The van der Waals surface area contributed by atoms with E-state index in [0.717, 1.165) is 17.7 Å². The van der Waals surface area contributed by atoms with E-state index >= 15 is 0 Å². The van der Waals surface area contributed by atoms with Crippen LogP contribution in [0.3, 0.4) is 0 Å². The van der Waals surface area contributed by atoms with Crippen molar-refractivity contribution in [1.82, 2.24) is 0 Å². The maximum absolute atomic E-state index is 10.7. The second-order valence-corrected chi connectivity index (χ2v) is 5.58. The largest absolute Gasteiger partial charge is 0.478 e. The Morgan fingerprint density at radius 3 is 2.76 bits per heavy atom. The van der Waals surface area contributed by atoms with Crippen molar-refractivity contribution in [3.8, 4) is 0 Å². The molecule has 0 amide bonds. The number of carbonyl (C=O) groups is 1. The Labute approximate surface area is 110 Å². The molecule has 94 valence electrons. The fraction of sp³-hybridized carbons (Fsp3) is 0.417. The zero-order valence-electron chi connectivity index (χ0n) is 9.52. The van der Waals surface area contributed by atoms with E-state index in [0.29, 0.717) is 10.3 Å². The van der Waals surface area contributed by atoms with E-state index in [1.54, 1.807) is 23.9 Å². The number of halogens is 1. The molecule has 0 saturated carbocycles. The molecule has 0 saturated heterocycles. The van der Waals surface area contributed by atoms with Gasteiger partial charge in [-0.1, -0.05) is 24.6 Å². The minimum atomic E-state index is -0.972. The normalized spacial score (nSPS) is 12.4. The summed E-state index contributed by atoms with van der Waals surface area (Å²) in [6, 6.07) is 4.77. The first-order valence-corrected chi connectivity index (χ1v) is 6.71. The Balaban J connectivity index is 2.63. The highest BCUT2D eigenvalue weighted by Gasteiger charge is 2.08. The van der Waals surface area contributed by atoms with E-state index in [9.17, 15) is 4.79 Å². The predicted octanol–water partition coefficient (Wildman–Crippen LogP) is 3.04. The van der Waals surface area contributed by atoms with Crippen molar-refractivity contribution in [1.29, 1.82) is 0 Å². The first-order chi connectivity index (χ1) is 8.04. The summed E-state index contributed by atoms with van der Waals surface area (Å²) in [6.45, 7) is 2.22. The van der Waals surface area contributed by atoms with E-state index in [-0.39, 0.29) is 12.2 Å². The maximum Gasteiger partial charge on any atom is 0.335 e. The molecule has 5 heteroatoms. The van der Waals surface area contributed by atoms with Crippen LogP contribution in [0.15, 0.2) is 18.2 Å². The molecule has 1 unspecified atom stereocenters. The Morgan fingerprint density at radius 1 is 1.53 bits per heavy atom. The van der Waals surface area contributed by atoms with Crippen LogP contribution in [0.5, 0.6) is 0 Å². The van der Waals surface area contributed by atoms with E-state index in [2.05, 4.69) is 0 Å². The van der Waals surface area contributed by atoms with Gasteiger partial charge in [-0.15, -0.1) is 0 Å². The average Bonchev–Trinajstić information content (AvgIpc) is 2.27. The number of aromatic carboxylic acids is 1. The molecule has 0 radical (unpaired) electrons. The van der Waals surface area contributed by atoms with Gasteiger partial charge in [-0.25, -0.2) is 4.79 Å². The zero-order valence-corrected chi connectivity index (χ0v) is 11.1. The SMILES string of the molecule is CC(CCO)SCc1ccc(C(=O)O)cc1Cl. The lowest BCUT2D eigenvalue weighted by Gasteiger charge is -2.10. The van der Waals surface area contributed by atoms with Gasteiger partial charge in [-0.2, -0.15) is 11.8 Å². The molecular weight excluding hydrogens is 260 g/mol. The molecule has 1 atom stereocenters. The van der Waals surface area contributed by atoms with Gasteiger partial charge < -0.3 is 10.2 Å². The highest BCUT2D eigenvalue weighted by Crippen LogP contribution is 2.25. The van der Waals surface area contributed by atoms with E-state index < -0.39 is 5.97 Å². The number of rotatable bonds is 6. The van der Waals surface area contributed by atoms with Crippen LogP contribution in [-0.2, 0) is 5.75 Å². The number of hydrogen-bond donors (Lipinski definition) is 2. The van der Waals surface area contributed by atoms with Crippen LogP contribution in [0.2, 0.25) is 5.02 Å². The van der Waals surface area contributed by atoms with Crippen molar-refractivity contribution in [3.63, 3.8) is 0 Å². The fourth-order valence-electron chi connectivity index (χ4n) is 1.29. The maximum atomic E-state index is 10.7. The number of carboxylic acids is 1. The number of thioether (sulfide) groups is 1. The van der Waals surface area contributed by atoms with Gasteiger partial charge in [-0.05, 0) is 24.1 Å². The molecule has 0 fully saturated rings. The minimum Gasteiger partial charge on any atom is -0.478 e. The first kappa shape index (κ1) is 14.4. The first-order valence-electron chi connectivity index (χ1n) is 5.28. The fourth-order valence-corrected chi connectivity index (χ4v) is 2.61. The van der Waals surface area contributed by atoms with Crippen LogP contribution in [0, 0.1) is 0 Å². The lowest BCUT2D eigenvalue weighted by atomic mass is 10.1. The minimum absolute atomic E-state index is 0.180. The Bertz CT molecular complexity index is 395. The molecule has 2 N–H and O–H groups in total. The summed E-state index contributed by atoms with van der Waals surface area (Å²) < 4.78 is 0. The van der Waals surface area contributed by atoms with Crippen molar-refractivity contribution in [2.24, 2.45) is 0 Å². The van der Waals surface area contributed by atoms with Crippen LogP contribution in [-0.4, -0.2) is 28.0 Å². The summed E-state index contributed by atoms with van der Waals surface area (Å²) in [7, 11) is 0. The van der Waals surface area contributed by atoms with Gasteiger partial charge in [-0.3, -0.25) is 0 Å². The van der Waals surface area contributed by atoms with E-state index in [4.69, 9.17) is 21.8 Å². The highest BCUT2D eigenvalue weighted by molar-refractivity contribution is 7.99. The highest BCUT2D eigenvalue weighted by atomic mass is 35.5. The van der Waals surface area contributed by atoms with Crippen molar-refractivity contribution in [3.05, 3.63) is 34.3 Å². The van der Waals surface area contributed by atoms with Crippen LogP contribution < -0.4 is 0 Å². The third-order valence-electron chi connectivity index (χ3n) is 2.36. The van der Waals surface area contributed by atoms with Crippen LogP contribution >= 0.6 is 23.4 Å². The van der Waals surface area contributed by atoms with Crippen LogP contribution in [0.4, 0.5) is 0 Å². The predicted molar refractivity (Wildman–Crippen MR) is 70.9 cm³/mol. The van der Waals surface area contributed by atoms with E-state index in [1.165, 1.54) is 6.07 Å². The van der Waals surface area contributed by atoms with Gasteiger partial charge in [0.2, 0.25) is 0 Å². The summed E-state index contributed by atoms with van der Waals surface area (Å²) in [4.78, 5) is 10.7. The Kier molecular flexibility index (Phi) is 5.82. The third kappa shape index (κ3) is 4.58. The number of aliphatic hydroxyl groups excluding tert-OH is 1. The Morgan fingerprint density at radius 2 is 2.24 bits per heavy atom. The molecule has 0 bridgehead atoms. The Hall–Kier alpha value is -0.710. The molecule has 1 rings (SSSR count). The monoisotopic (exact) mass is 274 g/mol.